The molecule has 1 aromatic heterocycles. The molecule has 2 aromatic carbocycles. The van der Waals surface area contributed by atoms with E-state index in [1.54, 1.807) is 48.7 Å². The van der Waals surface area contributed by atoms with Gasteiger partial charge in [0.15, 0.2) is 0 Å². The van der Waals surface area contributed by atoms with Crippen LogP contribution in [0.1, 0.15) is 33.4 Å². The van der Waals surface area contributed by atoms with Crippen molar-refractivity contribution in [3.8, 4) is 11.8 Å². The second-order valence-electron chi connectivity index (χ2n) is 6.27. The van der Waals surface area contributed by atoms with Gasteiger partial charge < -0.3 is 9.88 Å². The largest absolute Gasteiger partial charge is 0.332 e. The van der Waals surface area contributed by atoms with E-state index < -0.39 is 29.4 Å². The van der Waals surface area contributed by atoms with E-state index in [1.165, 1.54) is 6.07 Å². The third-order valence-electron chi connectivity index (χ3n) is 4.45. The van der Waals surface area contributed by atoms with Gasteiger partial charge in [-0.3, -0.25) is 4.79 Å². The van der Waals surface area contributed by atoms with Gasteiger partial charge in [-0.1, -0.05) is 18.2 Å². The smallest absolute Gasteiger partial charge is 0.254 e. The molecule has 0 spiro atoms. The van der Waals surface area contributed by atoms with Crippen LogP contribution < -0.4 is 5.32 Å². The minimum atomic E-state index is -1.30. The molecule has 3 aromatic rings. The van der Waals surface area contributed by atoms with E-state index in [9.17, 15) is 23.2 Å². The number of halogens is 3. The molecule has 0 fully saturated rings. The first kappa shape index (κ1) is 19.2. The van der Waals surface area contributed by atoms with E-state index in [1.807, 2.05) is 0 Å². The molecule has 0 saturated carbocycles. The maximum Gasteiger partial charge on any atom is 0.254 e. The van der Waals surface area contributed by atoms with Gasteiger partial charge in [0.1, 0.15) is 23.5 Å². The lowest BCUT2D eigenvalue weighted by Crippen LogP contribution is -2.28. The summed E-state index contributed by atoms with van der Waals surface area (Å²) in [6.07, 6.45) is 0. The van der Waals surface area contributed by atoms with Crippen molar-refractivity contribution in [3.63, 3.8) is 0 Å². The molecule has 1 heterocycles. The number of rotatable bonds is 4. The third-order valence-corrected chi connectivity index (χ3v) is 4.45. The van der Waals surface area contributed by atoms with Crippen molar-refractivity contribution < 1.29 is 18.0 Å². The topological polar surface area (TPSA) is 57.8 Å². The van der Waals surface area contributed by atoms with Crippen molar-refractivity contribution in [3.05, 3.63) is 88.5 Å². The molecule has 0 aliphatic rings. The van der Waals surface area contributed by atoms with Crippen molar-refractivity contribution >= 4 is 5.91 Å². The number of benzene rings is 2. The number of hydrogen-bond acceptors (Lipinski definition) is 2. The van der Waals surface area contributed by atoms with Gasteiger partial charge in [0.2, 0.25) is 0 Å². The average molecular weight is 383 g/mol. The van der Waals surface area contributed by atoms with Crippen molar-refractivity contribution in [2.45, 2.75) is 19.9 Å². The number of aryl methyl sites for hydroxylation is 1. The number of hydrogen-bond donors (Lipinski definition) is 1. The van der Waals surface area contributed by atoms with Gasteiger partial charge in [0.05, 0.1) is 17.3 Å². The molecule has 0 aliphatic carbocycles. The molecule has 1 atom stereocenters. The van der Waals surface area contributed by atoms with Crippen LogP contribution in [0.2, 0.25) is 0 Å². The lowest BCUT2D eigenvalue weighted by molar-refractivity contribution is 0.0944. The minimum Gasteiger partial charge on any atom is -0.332 e. The molecule has 0 aliphatic heterocycles. The predicted molar refractivity (Wildman–Crippen MR) is 97.4 cm³/mol. The van der Waals surface area contributed by atoms with Crippen LogP contribution in [0.5, 0.6) is 0 Å². The zero-order valence-corrected chi connectivity index (χ0v) is 15.1. The summed E-state index contributed by atoms with van der Waals surface area (Å²) in [5.74, 6) is -2.77. The summed E-state index contributed by atoms with van der Waals surface area (Å²) in [5, 5.41) is 11.8. The molecule has 7 heteroatoms. The number of nitriles is 1. The fourth-order valence-electron chi connectivity index (χ4n) is 3.12. The molecule has 0 radical (unpaired) electrons. The summed E-state index contributed by atoms with van der Waals surface area (Å²) in [6, 6.07) is 11.0. The van der Waals surface area contributed by atoms with Gasteiger partial charge in [-0.25, -0.2) is 13.2 Å². The summed E-state index contributed by atoms with van der Waals surface area (Å²) in [7, 11) is 0. The minimum absolute atomic E-state index is 0.139. The van der Waals surface area contributed by atoms with Gasteiger partial charge in [0.25, 0.3) is 5.91 Å². The van der Waals surface area contributed by atoms with Crippen LogP contribution in [-0.4, -0.2) is 10.5 Å². The Kier molecular flexibility index (Phi) is 5.23. The first-order chi connectivity index (χ1) is 13.3. The average Bonchev–Trinajstić information content (AvgIpc) is 2.95. The number of nitrogens with one attached hydrogen (secondary N) is 1. The van der Waals surface area contributed by atoms with Gasteiger partial charge in [0, 0.05) is 23.0 Å². The number of amides is 1. The summed E-state index contributed by atoms with van der Waals surface area (Å²) in [6.45, 7) is 3.37. The van der Waals surface area contributed by atoms with Crippen LogP contribution in [0.3, 0.4) is 0 Å². The fourth-order valence-corrected chi connectivity index (χ4v) is 3.12. The molecule has 1 N–H and O–H groups in total. The molecule has 1 unspecified atom stereocenters. The van der Waals surface area contributed by atoms with Crippen molar-refractivity contribution in [2.75, 3.05) is 0 Å². The van der Waals surface area contributed by atoms with Gasteiger partial charge >= 0.3 is 0 Å². The highest BCUT2D eigenvalue weighted by atomic mass is 19.1. The van der Waals surface area contributed by atoms with Crippen molar-refractivity contribution in [2.24, 2.45) is 0 Å². The molecule has 0 bridgehead atoms. The normalized spacial score (nSPS) is 11.7. The lowest BCUT2D eigenvalue weighted by Gasteiger charge is -2.14. The molecule has 0 saturated heterocycles. The highest BCUT2D eigenvalue weighted by molar-refractivity contribution is 5.96. The Morgan fingerprint density at radius 3 is 2.43 bits per heavy atom. The maximum atomic E-state index is 14.2. The Morgan fingerprint density at radius 1 is 1.07 bits per heavy atom. The van der Waals surface area contributed by atoms with Crippen LogP contribution in [0.4, 0.5) is 13.2 Å². The zero-order valence-electron chi connectivity index (χ0n) is 15.1. The number of aromatic nitrogens is 1. The van der Waals surface area contributed by atoms with Gasteiger partial charge in [-0.2, -0.15) is 5.26 Å². The van der Waals surface area contributed by atoms with E-state index in [2.05, 4.69) is 5.32 Å². The third kappa shape index (κ3) is 3.49. The molecular formula is C21H16F3N3O. The Bertz CT molecular complexity index is 1100. The Balaban J connectivity index is 1.94. The molecule has 1 amide bonds. The number of para-hydroxylation sites is 1. The Morgan fingerprint density at radius 2 is 1.79 bits per heavy atom. The second kappa shape index (κ2) is 7.61. The monoisotopic (exact) mass is 383 g/mol. The van der Waals surface area contributed by atoms with Crippen molar-refractivity contribution in [1.29, 1.82) is 5.26 Å². The summed E-state index contributed by atoms with van der Waals surface area (Å²) < 4.78 is 42.8. The van der Waals surface area contributed by atoms with E-state index in [-0.39, 0.29) is 16.8 Å². The summed E-state index contributed by atoms with van der Waals surface area (Å²) in [4.78, 5) is 12.7. The SMILES string of the molecule is Cc1cc(C(=O)NC(C#N)c2ccc(F)cc2F)c(C)n1-c1ccccc1F. The molecule has 142 valence electrons. The standard InChI is InChI=1S/C21H16F3N3O/c1-12-9-16(13(2)27(12)20-6-4-3-5-17(20)23)21(28)26-19(11-25)15-8-7-14(22)10-18(15)24/h3-10,19H,1-2H3,(H,26,28). The number of nitrogens with zero attached hydrogens (tertiary/aromatic N) is 2. The zero-order chi connectivity index (χ0) is 20.4. The lowest BCUT2D eigenvalue weighted by atomic mass is 10.1. The fraction of sp³-hybridized carbons (Fsp3) is 0.143. The first-order valence-electron chi connectivity index (χ1n) is 8.42. The number of carbonyl (C=O) groups is 1. The van der Waals surface area contributed by atoms with Gasteiger partial charge in [-0.05, 0) is 38.1 Å². The number of carbonyl (C=O) groups excluding carboxylic acids is 1. The predicted octanol–water partition coefficient (Wildman–Crippen LogP) is 4.51. The maximum absolute atomic E-state index is 14.2. The highest BCUT2D eigenvalue weighted by Gasteiger charge is 2.23. The van der Waals surface area contributed by atoms with E-state index in [4.69, 9.17) is 0 Å². The van der Waals surface area contributed by atoms with Crippen LogP contribution in [-0.2, 0) is 0 Å². The Hall–Kier alpha value is -3.53. The van der Waals surface area contributed by atoms with Gasteiger partial charge in [-0.15, -0.1) is 0 Å². The van der Waals surface area contributed by atoms with Crippen LogP contribution >= 0.6 is 0 Å². The molecule has 3 rings (SSSR count). The summed E-state index contributed by atoms with van der Waals surface area (Å²) in [5.41, 5.74) is 1.47. The quantitative estimate of drug-likeness (QED) is 0.721. The highest BCUT2D eigenvalue weighted by Crippen LogP contribution is 2.24. The Labute approximate surface area is 159 Å². The van der Waals surface area contributed by atoms with E-state index in [0.717, 1.165) is 12.1 Å². The van der Waals surface area contributed by atoms with E-state index >= 15 is 0 Å². The van der Waals surface area contributed by atoms with Crippen LogP contribution in [0.25, 0.3) is 5.69 Å². The van der Waals surface area contributed by atoms with Crippen molar-refractivity contribution in [1.82, 2.24) is 9.88 Å². The van der Waals surface area contributed by atoms with Crippen LogP contribution in [0.15, 0.2) is 48.5 Å². The second-order valence-corrected chi connectivity index (χ2v) is 6.27. The molecule has 28 heavy (non-hydrogen) atoms. The van der Waals surface area contributed by atoms with E-state index in [0.29, 0.717) is 17.5 Å². The first-order valence-corrected chi connectivity index (χ1v) is 8.42. The summed E-state index contributed by atoms with van der Waals surface area (Å²) >= 11 is 0. The molecular weight excluding hydrogens is 367 g/mol. The van der Waals surface area contributed by atoms with Crippen LogP contribution in [0, 0.1) is 42.6 Å². The molecule has 4 nitrogen and oxygen atoms in total.